The van der Waals surface area contributed by atoms with Gasteiger partial charge in [0.2, 0.25) is 15.9 Å². The lowest BCUT2D eigenvalue weighted by Crippen LogP contribution is -2.51. The first-order valence-corrected chi connectivity index (χ1v) is 12.8. The van der Waals surface area contributed by atoms with Crippen molar-refractivity contribution < 1.29 is 27.5 Å². The Balaban J connectivity index is 1.51. The van der Waals surface area contributed by atoms with Crippen LogP contribution in [0, 0.1) is 13.8 Å². The van der Waals surface area contributed by atoms with E-state index in [1.165, 1.54) is 16.1 Å². The molecular formula is C25H31N3O6S. The zero-order valence-corrected chi connectivity index (χ0v) is 21.0. The summed E-state index contributed by atoms with van der Waals surface area (Å²) < 4.78 is 32.6. The van der Waals surface area contributed by atoms with Gasteiger partial charge in [-0.2, -0.15) is 4.31 Å². The van der Waals surface area contributed by atoms with Crippen LogP contribution >= 0.6 is 0 Å². The summed E-state index contributed by atoms with van der Waals surface area (Å²) in [7, 11) is -3.66. The van der Waals surface area contributed by atoms with Gasteiger partial charge in [-0.3, -0.25) is 14.4 Å². The fraction of sp³-hybridized carbons (Fsp3) is 0.400. The second-order valence-electron chi connectivity index (χ2n) is 8.58. The normalized spacial score (nSPS) is 15.3. The second kappa shape index (κ2) is 11.5. The Bertz CT molecular complexity index is 1170. The van der Waals surface area contributed by atoms with Gasteiger partial charge in [0.1, 0.15) is 0 Å². The van der Waals surface area contributed by atoms with Crippen LogP contribution in [-0.2, 0) is 29.1 Å². The van der Waals surface area contributed by atoms with Crippen molar-refractivity contribution in [3.63, 3.8) is 0 Å². The highest BCUT2D eigenvalue weighted by Crippen LogP contribution is 2.22. The molecule has 1 N–H and O–H groups in total. The molecule has 1 heterocycles. The van der Waals surface area contributed by atoms with Crippen LogP contribution in [0.5, 0.6) is 0 Å². The molecule has 1 saturated heterocycles. The zero-order valence-electron chi connectivity index (χ0n) is 20.2. The van der Waals surface area contributed by atoms with Crippen LogP contribution in [0.15, 0.2) is 53.4 Å². The fourth-order valence-corrected chi connectivity index (χ4v) is 5.68. The molecule has 0 radical (unpaired) electrons. The molecule has 0 unspecified atom stereocenters. The van der Waals surface area contributed by atoms with Crippen molar-refractivity contribution in [1.29, 1.82) is 0 Å². The molecule has 1 fully saturated rings. The van der Waals surface area contributed by atoms with Crippen molar-refractivity contribution in [2.75, 3.05) is 32.8 Å². The SMILES string of the molecule is CC(=O)N[C@H](CC(=O)OCC(=O)N1CCN(S(=O)(=O)c2ccc(C)cc2C)CC1)c1ccccc1. The first-order valence-electron chi connectivity index (χ1n) is 11.4. The van der Waals surface area contributed by atoms with Crippen LogP contribution < -0.4 is 5.32 Å². The number of piperazine rings is 1. The maximum absolute atomic E-state index is 13.0. The number of ether oxygens (including phenoxy) is 1. The Kier molecular flexibility index (Phi) is 8.63. The van der Waals surface area contributed by atoms with Crippen LogP contribution in [0.1, 0.15) is 36.1 Å². The number of aryl methyl sites for hydroxylation is 2. The van der Waals surface area contributed by atoms with E-state index in [-0.39, 0.29) is 43.4 Å². The quantitative estimate of drug-likeness (QED) is 0.553. The molecular weight excluding hydrogens is 470 g/mol. The second-order valence-corrected chi connectivity index (χ2v) is 10.5. The molecule has 3 rings (SSSR count). The Morgan fingerprint density at radius 1 is 1.00 bits per heavy atom. The Morgan fingerprint density at radius 3 is 2.26 bits per heavy atom. The lowest BCUT2D eigenvalue weighted by Gasteiger charge is -2.34. The van der Waals surface area contributed by atoms with Gasteiger partial charge in [-0.1, -0.05) is 48.0 Å². The number of hydrogen-bond acceptors (Lipinski definition) is 6. The molecule has 2 aromatic carbocycles. The van der Waals surface area contributed by atoms with E-state index in [4.69, 9.17) is 4.74 Å². The number of esters is 1. The lowest BCUT2D eigenvalue weighted by molar-refractivity contribution is -0.153. The highest BCUT2D eigenvalue weighted by molar-refractivity contribution is 7.89. The number of nitrogens with one attached hydrogen (secondary N) is 1. The summed E-state index contributed by atoms with van der Waals surface area (Å²) in [5, 5.41) is 2.72. The monoisotopic (exact) mass is 501 g/mol. The molecule has 2 aromatic rings. The number of carbonyl (C=O) groups excluding carboxylic acids is 3. The van der Waals surface area contributed by atoms with Gasteiger partial charge >= 0.3 is 5.97 Å². The molecule has 10 heteroatoms. The first-order chi connectivity index (χ1) is 16.6. The molecule has 35 heavy (non-hydrogen) atoms. The van der Waals surface area contributed by atoms with Gasteiger partial charge in [-0.05, 0) is 31.0 Å². The number of benzene rings is 2. The summed E-state index contributed by atoms with van der Waals surface area (Å²) >= 11 is 0. The molecule has 1 aliphatic heterocycles. The maximum Gasteiger partial charge on any atom is 0.308 e. The Labute approximate surface area is 206 Å². The minimum atomic E-state index is -3.66. The minimum absolute atomic E-state index is 0.112. The van der Waals surface area contributed by atoms with Gasteiger partial charge in [-0.15, -0.1) is 0 Å². The third-order valence-corrected chi connectivity index (χ3v) is 7.91. The Hall–Kier alpha value is -3.24. The minimum Gasteiger partial charge on any atom is -0.455 e. The highest BCUT2D eigenvalue weighted by Gasteiger charge is 2.31. The van der Waals surface area contributed by atoms with Crippen molar-refractivity contribution in [2.24, 2.45) is 0 Å². The van der Waals surface area contributed by atoms with E-state index >= 15 is 0 Å². The number of sulfonamides is 1. The van der Waals surface area contributed by atoms with E-state index in [9.17, 15) is 22.8 Å². The molecule has 0 spiro atoms. The van der Waals surface area contributed by atoms with Gasteiger partial charge in [0.05, 0.1) is 17.4 Å². The largest absolute Gasteiger partial charge is 0.455 e. The molecule has 0 aliphatic carbocycles. The van der Waals surface area contributed by atoms with E-state index in [2.05, 4.69) is 5.32 Å². The average Bonchev–Trinajstić information content (AvgIpc) is 2.82. The third kappa shape index (κ3) is 6.89. The number of hydrogen-bond donors (Lipinski definition) is 1. The molecule has 188 valence electrons. The van der Waals surface area contributed by atoms with Crippen molar-refractivity contribution in [2.45, 2.75) is 38.1 Å². The first kappa shape index (κ1) is 26.4. The topological polar surface area (TPSA) is 113 Å². The highest BCUT2D eigenvalue weighted by atomic mass is 32.2. The van der Waals surface area contributed by atoms with Crippen molar-refractivity contribution in [1.82, 2.24) is 14.5 Å². The zero-order chi connectivity index (χ0) is 25.6. The predicted molar refractivity (Wildman–Crippen MR) is 130 cm³/mol. The Morgan fingerprint density at radius 2 is 1.66 bits per heavy atom. The van der Waals surface area contributed by atoms with E-state index in [1.807, 2.05) is 19.1 Å². The van der Waals surface area contributed by atoms with Crippen LogP contribution in [0.2, 0.25) is 0 Å². The third-order valence-electron chi connectivity index (χ3n) is 5.85. The van der Waals surface area contributed by atoms with Crippen LogP contribution in [0.4, 0.5) is 0 Å². The predicted octanol–water partition coefficient (Wildman–Crippen LogP) is 1.95. The average molecular weight is 502 g/mol. The molecule has 0 bridgehead atoms. The van der Waals surface area contributed by atoms with Crippen molar-refractivity contribution in [3.05, 3.63) is 65.2 Å². The van der Waals surface area contributed by atoms with Crippen LogP contribution in [0.3, 0.4) is 0 Å². The summed E-state index contributed by atoms with van der Waals surface area (Å²) in [4.78, 5) is 38.2. The van der Waals surface area contributed by atoms with Gasteiger partial charge in [0, 0.05) is 33.1 Å². The number of rotatable bonds is 8. The van der Waals surface area contributed by atoms with E-state index in [0.29, 0.717) is 5.56 Å². The van der Waals surface area contributed by atoms with E-state index in [1.54, 1.807) is 43.3 Å². The van der Waals surface area contributed by atoms with Crippen LogP contribution in [0.25, 0.3) is 0 Å². The number of carbonyl (C=O) groups is 3. The van der Waals surface area contributed by atoms with E-state index < -0.39 is 34.5 Å². The van der Waals surface area contributed by atoms with Gasteiger partial charge in [0.15, 0.2) is 6.61 Å². The summed E-state index contributed by atoms with van der Waals surface area (Å²) in [6.45, 7) is 5.33. The summed E-state index contributed by atoms with van der Waals surface area (Å²) in [6.07, 6.45) is -0.112. The van der Waals surface area contributed by atoms with Gasteiger partial charge in [-0.25, -0.2) is 8.42 Å². The fourth-order valence-electron chi connectivity index (χ4n) is 4.05. The molecule has 0 saturated carbocycles. The molecule has 1 aliphatic rings. The smallest absolute Gasteiger partial charge is 0.308 e. The van der Waals surface area contributed by atoms with Crippen molar-refractivity contribution >= 4 is 27.8 Å². The number of nitrogens with zero attached hydrogens (tertiary/aromatic N) is 2. The molecule has 9 nitrogen and oxygen atoms in total. The maximum atomic E-state index is 13.0. The molecule has 2 amide bonds. The summed E-state index contributed by atoms with van der Waals surface area (Å²) in [6, 6.07) is 13.7. The van der Waals surface area contributed by atoms with Gasteiger partial charge < -0.3 is 15.0 Å². The standard InChI is InChI=1S/C25H31N3O6S/c1-18-9-10-23(19(2)15-18)35(32,33)28-13-11-27(12-14-28)24(30)17-34-25(31)16-22(26-20(3)29)21-7-5-4-6-8-21/h4-10,15,22H,11-14,16-17H2,1-3H3,(H,26,29)/t22-/m1/s1. The van der Waals surface area contributed by atoms with E-state index in [0.717, 1.165) is 11.1 Å². The van der Waals surface area contributed by atoms with Gasteiger partial charge in [0.25, 0.3) is 5.91 Å². The summed E-state index contributed by atoms with van der Waals surface area (Å²) in [5.41, 5.74) is 2.43. The summed E-state index contributed by atoms with van der Waals surface area (Å²) in [5.74, 6) is -1.29. The number of amides is 2. The molecule has 1 atom stereocenters. The van der Waals surface area contributed by atoms with Crippen LogP contribution in [-0.4, -0.2) is 68.2 Å². The van der Waals surface area contributed by atoms with Crippen molar-refractivity contribution in [3.8, 4) is 0 Å². The molecule has 0 aromatic heterocycles. The lowest BCUT2D eigenvalue weighted by atomic mass is 10.0.